The van der Waals surface area contributed by atoms with Gasteiger partial charge in [0, 0.05) is 35.5 Å². The summed E-state index contributed by atoms with van der Waals surface area (Å²) in [6, 6.07) is 12.5. The maximum atomic E-state index is 12.4. The largest absolute Gasteiger partial charge is 0.506 e. The number of pyridine rings is 1. The average molecular weight is 391 g/mol. The van der Waals surface area contributed by atoms with Crippen molar-refractivity contribution in [2.45, 2.75) is 25.7 Å². The van der Waals surface area contributed by atoms with Gasteiger partial charge >= 0.3 is 0 Å². The fraction of sp³-hybridized carbons (Fsp3) is 0.227. The lowest BCUT2D eigenvalue weighted by Crippen LogP contribution is -2.24. The highest BCUT2D eigenvalue weighted by molar-refractivity contribution is 5.99. The monoisotopic (exact) mass is 391 g/mol. The highest BCUT2D eigenvalue weighted by Gasteiger charge is 2.29. The highest BCUT2D eigenvalue weighted by atomic mass is 16.5. The SMILES string of the molecule is CCC(=O)Nc1cc2c(cc1OC)[C@@H](c1ccc3cccc(O)c3n1)CC(=O)N2. The predicted octanol–water partition coefficient (Wildman–Crippen LogP) is 3.77. The molecule has 2 aromatic carbocycles. The first kappa shape index (κ1) is 18.7. The number of carbonyl (C=O) groups is 2. The number of phenols is 1. The van der Waals surface area contributed by atoms with Crippen LogP contribution in [-0.4, -0.2) is 29.0 Å². The molecule has 3 N–H and O–H groups in total. The van der Waals surface area contributed by atoms with Crippen LogP contribution in [0.4, 0.5) is 11.4 Å². The number of ether oxygens (including phenoxy) is 1. The van der Waals surface area contributed by atoms with Crippen LogP contribution in [0.15, 0.2) is 42.5 Å². The summed E-state index contributed by atoms with van der Waals surface area (Å²) in [6.45, 7) is 1.76. The minimum atomic E-state index is -0.299. The molecule has 0 aliphatic carbocycles. The van der Waals surface area contributed by atoms with Crippen LogP contribution in [0.5, 0.6) is 11.5 Å². The fourth-order valence-electron chi connectivity index (χ4n) is 3.60. The number of benzene rings is 2. The predicted molar refractivity (Wildman–Crippen MR) is 110 cm³/mol. The van der Waals surface area contributed by atoms with E-state index < -0.39 is 0 Å². The van der Waals surface area contributed by atoms with Crippen LogP contribution in [-0.2, 0) is 9.59 Å². The summed E-state index contributed by atoms with van der Waals surface area (Å²) in [7, 11) is 1.53. The number of aromatic nitrogens is 1. The number of phenolic OH excluding ortho intramolecular Hbond substituents is 1. The summed E-state index contributed by atoms with van der Waals surface area (Å²) in [5.74, 6) is 0.0242. The smallest absolute Gasteiger partial charge is 0.225 e. The Morgan fingerprint density at radius 2 is 2.14 bits per heavy atom. The van der Waals surface area contributed by atoms with E-state index >= 15 is 0 Å². The summed E-state index contributed by atoms with van der Waals surface area (Å²) >= 11 is 0. The quantitative estimate of drug-likeness (QED) is 0.629. The molecule has 1 aromatic heterocycles. The van der Waals surface area contributed by atoms with Gasteiger partial charge in [-0.15, -0.1) is 0 Å². The first-order valence-corrected chi connectivity index (χ1v) is 9.40. The van der Waals surface area contributed by atoms with Gasteiger partial charge in [-0.05, 0) is 29.8 Å². The molecule has 0 spiro atoms. The number of carbonyl (C=O) groups excluding carboxylic acids is 2. The standard InChI is InChI=1S/C22H21N3O4/c1-3-20(27)24-17-11-16-13(9-19(17)29-2)14(10-21(28)23-16)15-8-7-12-5-4-6-18(26)22(12)25-15/h4-9,11,14,26H,3,10H2,1-2H3,(H,23,28)(H,24,27)/t14-/m0/s1. The van der Waals surface area contributed by atoms with Crippen LogP contribution in [0.3, 0.4) is 0 Å². The van der Waals surface area contributed by atoms with Gasteiger partial charge in [0.2, 0.25) is 11.8 Å². The molecule has 0 fully saturated rings. The highest BCUT2D eigenvalue weighted by Crippen LogP contribution is 2.42. The topological polar surface area (TPSA) is 101 Å². The molecule has 7 heteroatoms. The molecule has 0 saturated carbocycles. The molecule has 0 saturated heterocycles. The molecule has 29 heavy (non-hydrogen) atoms. The van der Waals surface area contributed by atoms with Gasteiger partial charge in [0.15, 0.2) is 0 Å². The second-order valence-electron chi connectivity index (χ2n) is 6.93. The molecule has 148 valence electrons. The van der Waals surface area contributed by atoms with Crippen molar-refractivity contribution in [3.8, 4) is 11.5 Å². The Hall–Kier alpha value is -3.61. The van der Waals surface area contributed by atoms with E-state index in [1.165, 1.54) is 7.11 Å². The van der Waals surface area contributed by atoms with E-state index in [0.717, 1.165) is 10.9 Å². The summed E-state index contributed by atoms with van der Waals surface area (Å²) in [5, 5.41) is 16.7. The number of para-hydroxylation sites is 1. The van der Waals surface area contributed by atoms with Gasteiger partial charge in [0.05, 0.1) is 12.8 Å². The van der Waals surface area contributed by atoms with Crippen molar-refractivity contribution in [2.75, 3.05) is 17.7 Å². The van der Waals surface area contributed by atoms with Gasteiger partial charge in [-0.3, -0.25) is 9.59 Å². The Balaban J connectivity index is 1.82. The number of hydrogen-bond acceptors (Lipinski definition) is 5. The van der Waals surface area contributed by atoms with Gasteiger partial charge in [-0.1, -0.05) is 25.1 Å². The lowest BCUT2D eigenvalue weighted by molar-refractivity contribution is -0.117. The van der Waals surface area contributed by atoms with E-state index in [-0.39, 0.29) is 29.9 Å². The molecule has 0 bridgehead atoms. The van der Waals surface area contributed by atoms with Gasteiger partial charge in [0.1, 0.15) is 17.0 Å². The van der Waals surface area contributed by atoms with Gasteiger partial charge in [-0.25, -0.2) is 4.98 Å². The van der Waals surface area contributed by atoms with Crippen LogP contribution < -0.4 is 15.4 Å². The van der Waals surface area contributed by atoms with Crippen LogP contribution in [0.1, 0.15) is 36.9 Å². The van der Waals surface area contributed by atoms with E-state index in [4.69, 9.17) is 4.74 Å². The third-order valence-electron chi connectivity index (χ3n) is 5.08. The van der Waals surface area contributed by atoms with Crippen LogP contribution >= 0.6 is 0 Å². The Morgan fingerprint density at radius 1 is 1.31 bits per heavy atom. The first-order valence-electron chi connectivity index (χ1n) is 9.40. The number of methoxy groups -OCH3 is 1. The maximum Gasteiger partial charge on any atom is 0.225 e. The molecule has 4 rings (SSSR count). The number of fused-ring (bicyclic) bond motifs is 2. The summed E-state index contributed by atoms with van der Waals surface area (Å²) < 4.78 is 5.47. The Morgan fingerprint density at radius 3 is 2.90 bits per heavy atom. The molecule has 2 amide bonds. The maximum absolute atomic E-state index is 12.4. The number of hydrogen-bond donors (Lipinski definition) is 3. The Labute approximate surface area is 167 Å². The lowest BCUT2D eigenvalue weighted by atomic mass is 9.86. The van der Waals surface area contributed by atoms with Crippen molar-refractivity contribution in [1.82, 2.24) is 4.98 Å². The Bertz CT molecular complexity index is 1130. The molecule has 1 aliphatic rings. The van der Waals surface area contributed by atoms with Crippen molar-refractivity contribution < 1.29 is 19.4 Å². The minimum absolute atomic E-state index is 0.0973. The van der Waals surface area contributed by atoms with E-state index in [0.29, 0.717) is 34.8 Å². The zero-order valence-corrected chi connectivity index (χ0v) is 16.2. The zero-order valence-electron chi connectivity index (χ0n) is 16.2. The first-order chi connectivity index (χ1) is 14.0. The van der Waals surface area contributed by atoms with Crippen molar-refractivity contribution in [3.63, 3.8) is 0 Å². The van der Waals surface area contributed by atoms with Crippen molar-refractivity contribution in [1.29, 1.82) is 0 Å². The molecule has 2 heterocycles. The minimum Gasteiger partial charge on any atom is -0.506 e. The van der Waals surface area contributed by atoms with Crippen molar-refractivity contribution in [2.24, 2.45) is 0 Å². The third kappa shape index (κ3) is 3.47. The van der Waals surface area contributed by atoms with Gasteiger partial charge < -0.3 is 20.5 Å². The van der Waals surface area contributed by atoms with Crippen molar-refractivity contribution >= 4 is 34.1 Å². The summed E-state index contributed by atoms with van der Waals surface area (Å²) in [6.07, 6.45) is 0.558. The van der Waals surface area contributed by atoms with Crippen molar-refractivity contribution in [3.05, 3.63) is 53.7 Å². The second kappa shape index (κ2) is 7.43. The number of amides is 2. The molecule has 3 aromatic rings. The number of rotatable bonds is 4. The lowest BCUT2D eigenvalue weighted by Gasteiger charge is -2.27. The molecular formula is C22H21N3O4. The molecule has 0 radical (unpaired) electrons. The molecule has 7 nitrogen and oxygen atoms in total. The number of nitrogens with zero attached hydrogens (tertiary/aromatic N) is 1. The third-order valence-corrected chi connectivity index (χ3v) is 5.08. The van der Waals surface area contributed by atoms with Crippen LogP contribution in [0, 0.1) is 0 Å². The van der Waals surface area contributed by atoms with Gasteiger partial charge in [-0.2, -0.15) is 0 Å². The molecule has 0 unspecified atom stereocenters. The molecular weight excluding hydrogens is 370 g/mol. The number of nitrogens with one attached hydrogen (secondary N) is 2. The summed E-state index contributed by atoms with van der Waals surface area (Å²) in [5.41, 5.74) is 3.14. The number of aromatic hydroxyl groups is 1. The van der Waals surface area contributed by atoms with E-state index in [2.05, 4.69) is 15.6 Å². The van der Waals surface area contributed by atoms with Gasteiger partial charge in [0.25, 0.3) is 0 Å². The molecule has 1 atom stereocenters. The fourth-order valence-corrected chi connectivity index (χ4v) is 3.60. The Kier molecular flexibility index (Phi) is 4.80. The van der Waals surface area contributed by atoms with E-state index in [1.807, 2.05) is 24.3 Å². The summed E-state index contributed by atoms with van der Waals surface area (Å²) in [4.78, 5) is 28.8. The zero-order chi connectivity index (χ0) is 20.5. The van der Waals surface area contributed by atoms with E-state index in [1.54, 1.807) is 25.1 Å². The second-order valence-corrected chi connectivity index (χ2v) is 6.93. The van der Waals surface area contributed by atoms with Crippen LogP contribution in [0.25, 0.3) is 10.9 Å². The average Bonchev–Trinajstić information content (AvgIpc) is 2.72. The van der Waals surface area contributed by atoms with Crippen LogP contribution in [0.2, 0.25) is 0 Å². The number of anilines is 2. The van der Waals surface area contributed by atoms with E-state index in [9.17, 15) is 14.7 Å². The normalized spacial score (nSPS) is 15.5. The molecule has 1 aliphatic heterocycles.